The number of nitrogens with zero attached hydrogens (tertiary/aromatic N) is 2. The maximum absolute atomic E-state index is 11.6. The van der Waals surface area contributed by atoms with Crippen LogP contribution in [0.15, 0.2) is 30.5 Å². The van der Waals surface area contributed by atoms with Gasteiger partial charge in [-0.25, -0.2) is 14.8 Å². The summed E-state index contributed by atoms with van der Waals surface area (Å²) in [4.78, 5) is 19.8. The topological polar surface area (TPSA) is 78.1 Å². The van der Waals surface area contributed by atoms with Gasteiger partial charge in [0.15, 0.2) is 0 Å². The summed E-state index contributed by atoms with van der Waals surface area (Å²) in [6.45, 7) is 2.01. The largest absolute Gasteiger partial charge is 0.462 e. The molecule has 0 spiro atoms. The number of benzene rings is 1. The standard InChI is InChI=1S/C14H14ClN3O2/c1-2-20-14(19)11-8-17-12(18-13(11)16)7-9-3-5-10(15)6-4-9/h3-6,8H,2,7H2,1H3,(H2,16,17,18). The van der Waals surface area contributed by atoms with E-state index in [-0.39, 0.29) is 18.0 Å². The van der Waals surface area contributed by atoms with Crippen LogP contribution in [0, 0.1) is 0 Å². The van der Waals surface area contributed by atoms with E-state index >= 15 is 0 Å². The van der Waals surface area contributed by atoms with E-state index in [1.807, 2.05) is 12.1 Å². The molecule has 0 aliphatic heterocycles. The third kappa shape index (κ3) is 3.45. The van der Waals surface area contributed by atoms with Crippen LogP contribution < -0.4 is 5.73 Å². The van der Waals surface area contributed by atoms with Crippen LogP contribution >= 0.6 is 11.6 Å². The molecule has 0 unspecified atom stereocenters. The average Bonchev–Trinajstić information content (AvgIpc) is 2.42. The monoisotopic (exact) mass is 291 g/mol. The predicted octanol–water partition coefficient (Wildman–Crippen LogP) is 2.48. The second kappa shape index (κ2) is 6.34. The summed E-state index contributed by atoms with van der Waals surface area (Å²) in [5, 5.41) is 0.673. The number of hydrogen-bond acceptors (Lipinski definition) is 5. The summed E-state index contributed by atoms with van der Waals surface area (Å²) in [6.07, 6.45) is 1.91. The molecule has 2 N–H and O–H groups in total. The van der Waals surface area contributed by atoms with E-state index in [9.17, 15) is 4.79 Å². The zero-order valence-corrected chi connectivity index (χ0v) is 11.7. The summed E-state index contributed by atoms with van der Waals surface area (Å²) >= 11 is 5.82. The van der Waals surface area contributed by atoms with Crippen LogP contribution in [0.3, 0.4) is 0 Å². The lowest BCUT2D eigenvalue weighted by Crippen LogP contribution is -2.11. The van der Waals surface area contributed by atoms with Gasteiger partial charge in [0.05, 0.1) is 6.61 Å². The summed E-state index contributed by atoms with van der Waals surface area (Å²) in [7, 11) is 0. The Morgan fingerprint density at radius 1 is 1.35 bits per heavy atom. The van der Waals surface area contributed by atoms with Crippen LogP contribution in [-0.2, 0) is 11.2 Å². The molecule has 2 aromatic rings. The number of nitrogens with two attached hydrogens (primary N) is 1. The number of anilines is 1. The van der Waals surface area contributed by atoms with Crippen molar-refractivity contribution in [3.8, 4) is 0 Å². The highest BCUT2D eigenvalue weighted by Crippen LogP contribution is 2.14. The van der Waals surface area contributed by atoms with Gasteiger partial charge in [-0.05, 0) is 24.6 Å². The number of nitrogen functional groups attached to an aromatic ring is 1. The Morgan fingerprint density at radius 3 is 2.65 bits per heavy atom. The maximum Gasteiger partial charge on any atom is 0.343 e. The fourth-order valence-corrected chi connectivity index (χ4v) is 1.80. The van der Waals surface area contributed by atoms with Crippen molar-refractivity contribution in [1.29, 1.82) is 0 Å². The molecule has 104 valence electrons. The fraction of sp³-hybridized carbons (Fsp3) is 0.214. The number of halogens is 1. The van der Waals surface area contributed by atoms with Gasteiger partial charge in [0.2, 0.25) is 0 Å². The van der Waals surface area contributed by atoms with Crippen LogP contribution in [-0.4, -0.2) is 22.5 Å². The molecule has 0 saturated heterocycles. The molecule has 5 nitrogen and oxygen atoms in total. The highest BCUT2D eigenvalue weighted by Gasteiger charge is 2.13. The van der Waals surface area contributed by atoms with E-state index < -0.39 is 5.97 Å². The van der Waals surface area contributed by atoms with E-state index in [1.165, 1.54) is 6.20 Å². The summed E-state index contributed by atoms with van der Waals surface area (Å²) in [6, 6.07) is 7.38. The lowest BCUT2D eigenvalue weighted by Gasteiger charge is -2.06. The summed E-state index contributed by atoms with van der Waals surface area (Å²) in [5.41, 5.74) is 6.96. The Kier molecular flexibility index (Phi) is 4.53. The molecular formula is C14H14ClN3O2. The molecule has 0 bridgehead atoms. The van der Waals surface area contributed by atoms with Crippen LogP contribution in [0.4, 0.5) is 5.82 Å². The first kappa shape index (κ1) is 14.3. The molecule has 1 aromatic carbocycles. The second-order valence-electron chi connectivity index (χ2n) is 4.11. The zero-order chi connectivity index (χ0) is 14.5. The highest BCUT2D eigenvalue weighted by atomic mass is 35.5. The number of rotatable bonds is 4. The molecule has 0 aliphatic carbocycles. The Hall–Kier alpha value is -2.14. The van der Waals surface area contributed by atoms with Crippen molar-refractivity contribution in [2.45, 2.75) is 13.3 Å². The van der Waals surface area contributed by atoms with E-state index in [2.05, 4.69) is 9.97 Å². The lowest BCUT2D eigenvalue weighted by atomic mass is 10.1. The van der Waals surface area contributed by atoms with E-state index in [0.717, 1.165) is 5.56 Å². The molecule has 1 aromatic heterocycles. The zero-order valence-electron chi connectivity index (χ0n) is 11.0. The first-order valence-corrected chi connectivity index (χ1v) is 6.51. The van der Waals surface area contributed by atoms with E-state index in [0.29, 0.717) is 17.3 Å². The molecule has 0 atom stereocenters. The van der Waals surface area contributed by atoms with E-state index in [1.54, 1.807) is 19.1 Å². The molecule has 0 saturated carbocycles. The molecule has 20 heavy (non-hydrogen) atoms. The summed E-state index contributed by atoms with van der Waals surface area (Å²) < 4.78 is 4.87. The van der Waals surface area contributed by atoms with Gasteiger partial charge in [-0.1, -0.05) is 23.7 Å². The van der Waals surface area contributed by atoms with Crippen LogP contribution in [0.1, 0.15) is 28.7 Å². The Bertz CT molecular complexity index is 614. The summed E-state index contributed by atoms with van der Waals surface area (Å²) in [5.74, 6) is 0.156. The molecular weight excluding hydrogens is 278 g/mol. The van der Waals surface area contributed by atoms with Crippen LogP contribution in [0.5, 0.6) is 0 Å². The molecule has 0 fully saturated rings. The van der Waals surface area contributed by atoms with Gasteiger partial charge in [0, 0.05) is 17.6 Å². The maximum atomic E-state index is 11.6. The number of carbonyl (C=O) groups is 1. The second-order valence-corrected chi connectivity index (χ2v) is 4.55. The number of esters is 1. The Morgan fingerprint density at radius 2 is 2.05 bits per heavy atom. The minimum absolute atomic E-state index is 0.127. The normalized spacial score (nSPS) is 10.3. The van der Waals surface area contributed by atoms with Crippen molar-refractivity contribution in [3.63, 3.8) is 0 Å². The Labute approximate surface area is 121 Å². The van der Waals surface area contributed by atoms with Gasteiger partial charge in [-0.3, -0.25) is 0 Å². The van der Waals surface area contributed by atoms with Gasteiger partial charge in [0.25, 0.3) is 0 Å². The smallest absolute Gasteiger partial charge is 0.343 e. The Balaban J connectivity index is 2.16. The van der Waals surface area contributed by atoms with Crippen LogP contribution in [0.2, 0.25) is 5.02 Å². The molecule has 0 amide bonds. The molecule has 6 heteroatoms. The molecule has 2 rings (SSSR count). The van der Waals surface area contributed by atoms with Gasteiger partial charge in [0.1, 0.15) is 17.2 Å². The minimum atomic E-state index is -0.511. The quantitative estimate of drug-likeness (QED) is 0.876. The van der Waals surface area contributed by atoms with Crippen molar-refractivity contribution in [3.05, 3.63) is 52.4 Å². The van der Waals surface area contributed by atoms with Crippen molar-refractivity contribution >= 4 is 23.4 Å². The lowest BCUT2D eigenvalue weighted by molar-refractivity contribution is 0.0526. The fourth-order valence-electron chi connectivity index (χ4n) is 1.67. The van der Waals surface area contributed by atoms with Gasteiger partial charge in [-0.2, -0.15) is 0 Å². The highest BCUT2D eigenvalue weighted by molar-refractivity contribution is 6.30. The number of aromatic nitrogens is 2. The predicted molar refractivity (Wildman–Crippen MR) is 76.7 cm³/mol. The van der Waals surface area contributed by atoms with Gasteiger partial charge >= 0.3 is 5.97 Å². The first-order chi connectivity index (χ1) is 9.60. The number of ether oxygens (including phenoxy) is 1. The third-order valence-electron chi connectivity index (χ3n) is 2.64. The molecule has 1 heterocycles. The SMILES string of the molecule is CCOC(=O)c1cnc(Cc2ccc(Cl)cc2)nc1N. The van der Waals surface area contributed by atoms with Crippen molar-refractivity contribution in [2.75, 3.05) is 12.3 Å². The third-order valence-corrected chi connectivity index (χ3v) is 2.89. The first-order valence-electron chi connectivity index (χ1n) is 6.13. The van der Waals surface area contributed by atoms with Gasteiger partial charge < -0.3 is 10.5 Å². The van der Waals surface area contributed by atoms with Crippen molar-refractivity contribution in [2.24, 2.45) is 0 Å². The number of carbonyl (C=O) groups excluding carboxylic acids is 1. The molecule has 0 radical (unpaired) electrons. The minimum Gasteiger partial charge on any atom is -0.462 e. The molecule has 0 aliphatic rings. The van der Waals surface area contributed by atoms with Crippen LogP contribution in [0.25, 0.3) is 0 Å². The van der Waals surface area contributed by atoms with Crippen molar-refractivity contribution in [1.82, 2.24) is 9.97 Å². The number of hydrogen-bond donors (Lipinski definition) is 1. The average molecular weight is 292 g/mol. The van der Waals surface area contributed by atoms with E-state index in [4.69, 9.17) is 22.1 Å². The van der Waals surface area contributed by atoms with Crippen molar-refractivity contribution < 1.29 is 9.53 Å². The van der Waals surface area contributed by atoms with Gasteiger partial charge in [-0.15, -0.1) is 0 Å².